The molecular formula is C12H22O3. The highest BCUT2D eigenvalue weighted by Crippen LogP contribution is 2.52. The Morgan fingerprint density at radius 2 is 1.60 bits per heavy atom. The third-order valence-corrected chi connectivity index (χ3v) is 3.85. The summed E-state index contributed by atoms with van der Waals surface area (Å²) in [5, 5.41) is 10.3. The number of hydrogen-bond acceptors (Lipinski definition) is 3. The molecular weight excluding hydrogens is 192 g/mol. The van der Waals surface area contributed by atoms with Crippen molar-refractivity contribution in [1.29, 1.82) is 0 Å². The molecule has 1 heterocycles. The molecule has 1 spiro atoms. The van der Waals surface area contributed by atoms with Crippen LogP contribution in [0.15, 0.2) is 0 Å². The van der Waals surface area contributed by atoms with Crippen LogP contribution in [0.4, 0.5) is 0 Å². The summed E-state index contributed by atoms with van der Waals surface area (Å²) in [5.74, 6) is 0. The molecule has 0 aromatic carbocycles. The van der Waals surface area contributed by atoms with Crippen molar-refractivity contribution in [2.24, 2.45) is 10.8 Å². The van der Waals surface area contributed by atoms with Crippen molar-refractivity contribution in [3.05, 3.63) is 0 Å². The summed E-state index contributed by atoms with van der Waals surface area (Å²) in [4.78, 5) is 0. The molecule has 1 N–H and O–H groups in total. The maximum Gasteiger partial charge on any atom is 0.147 e. The quantitative estimate of drug-likeness (QED) is 0.669. The molecule has 88 valence electrons. The molecule has 2 aliphatic rings. The van der Waals surface area contributed by atoms with Crippen LogP contribution < -0.4 is 0 Å². The van der Waals surface area contributed by atoms with Crippen LogP contribution in [0.3, 0.4) is 0 Å². The zero-order valence-corrected chi connectivity index (χ0v) is 10.2. The maximum atomic E-state index is 10.3. The fraction of sp³-hybridized carbons (Fsp3) is 1.00. The fourth-order valence-corrected chi connectivity index (χ4v) is 3.61. The van der Waals surface area contributed by atoms with E-state index in [0.29, 0.717) is 13.4 Å². The van der Waals surface area contributed by atoms with Gasteiger partial charge in [0.1, 0.15) is 6.79 Å². The number of rotatable bonds is 0. The van der Waals surface area contributed by atoms with E-state index in [2.05, 4.69) is 27.7 Å². The Bertz CT molecular complexity index is 232. The third kappa shape index (κ3) is 1.81. The molecule has 1 saturated heterocycles. The van der Waals surface area contributed by atoms with Gasteiger partial charge in [0.05, 0.1) is 18.3 Å². The minimum atomic E-state index is -0.278. The predicted octanol–water partition coefficient (Wildman–Crippen LogP) is 1.94. The van der Waals surface area contributed by atoms with E-state index in [-0.39, 0.29) is 22.5 Å². The van der Waals surface area contributed by atoms with Gasteiger partial charge in [0.15, 0.2) is 0 Å². The lowest BCUT2D eigenvalue weighted by Crippen LogP contribution is -2.56. The van der Waals surface area contributed by atoms with Crippen molar-refractivity contribution >= 4 is 0 Å². The molecule has 0 unspecified atom stereocenters. The molecule has 1 aliphatic heterocycles. The van der Waals surface area contributed by atoms with E-state index in [1.165, 1.54) is 0 Å². The van der Waals surface area contributed by atoms with Crippen molar-refractivity contribution in [3.63, 3.8) is 0 Å². The second-order valence-electron chi connectivity index (χ2n) is 6.53. The average molecular weight is 214 g/mol. The monoisotopic (exact) mass is 214 g/mol. The van der Waals surface area contributed by atoms with Gasteiger partial charge in [-0.3, -0.25) is 0 Å². The molecule has 1 aliphatic carbocycles. The normalized spacial score (nSPS) is 33.4. The van der Waals surface area contributed by atoms with Crippen LogP contribution >= 0.6 is 0 Å². The Hall–Kier alpha value is -0.120. The van der Waals surface area contributed by atoms with Gasteiger partial charge in [0, 0.05) is 0 Å². The van der Waals surface area contributed by atoms with Gasteiger partial charge in [-0.1, -0.05) is 27.7 Å². The van der Waals surface area contributed by atoms with Crippen LogP contribution in [-0.4, -0.2) is 30.2 Å². The molecule has 0 amide bonds. The lowest BCUT2D eigenvalue weighted by Gasteiger charge is -2.52. The summed E-state index contributed by atoms with van der Waals surface area (Å²) in [6.07, 6.45) is 1.48. The first-order valence-electron chi connectivity index (χ1n) is 5.67. The van der Waals surface area contributed by atoms with E-state index in [1.54, 1.807) is 0 Å². The Balaban J connectivity index is 2.27. The van der Waals surface area contributed by atoms with E-state index in [4.69, 9.17) is 9.47 Å². The van der Waals surface area contributed by atoms with Gasteiger partial charge in [0.2, 0.25) is 0 Å². The zero-order valence-electron chi connectivity index (χ0n) is 10.2. The smallest absolute Gasteiger partial charge is 0.147 e. The van der Waals surface area contributed by atoms with Crippen molar-refractivity contribution in [1.82, 2.24) is 0 Å². The summed E-state index contributed by atoms with van der Waals surface area (Å²) >= 11 is 0. The molecule has 0 aromatic rings. The van der Waals surface area contributed by atoms with E-state index in [0.717, 1.165) is 12.8 Å². The van der Waals surface area contributed by atoms with Gasteiger partial charge in [-0.2, -0.15) is 0 Å². The van der Waals surface area contributed by atoms with Gasteiger partial charge in [-0.15, -0.1) is 0 Å². The van der Waals surface area contributed by atoms with Gasteiger partial charge < -0.3 is 14.6 Å². The summed E-state index contributed by atoms with van der Waals surface area (Å²) < 4.78 is 11.1. The second-order valence-corrected chi connectivity index (χ2v) is 6.53. The summed E-state index contributed by atoms with van der Waals surface area (Å²) in [6, 6.07) is 0. The topological polar surface area (TPSA) is 38.7 Å². The summed E-state index contributed by atoms with van der Waals surface area (Å²) in [7, 11) is 0. The standard InChI is InChI=1S/C12H22O3/c1-10(2)5-12(7-14-8-15-12)6-11(3,4)9(10)13/h9,13H,5-8H2,1-4H3. The molecule has 0 radical (unpaired) electrons. The van der Waals surface area contributed by atoms with Crippen molar-refractivity contribution in [2.45, 2.75) is 52.2 Å². The van der Waals surface area contributed by atoms with Crippen molar-refractivity contribution in [2.75, 3.05) is 13.4 Å². The molecule has 0 aromatic heterocycles. The van der Waals surface area contributed by atoms with Crippen LogP contribution in [0.1, 0.15) is 40.5 Å². The average Bonchev–Trinajstić information content (AvgIpc) is 2.47. The zero-order chi connectivity index (χ0) is 11.3. The lowest BCUT2D eigenvalue weighted by atomic mass is 9.58. The SMILES string of the molecule is CC1(C)CC2(COCO2)CC(C)(C)C1O. The highest BCUT2D eigenvalue weighted by atomic mass is 16.7. The molecule has 3 nitrogen and oxygen atoms in total. The van der Waals surface area contributed by atoms with Gasteiger partial charge in [-0.25, -0.2) is 0 Å². The maximum absolute atomic E-state index is 10.3. The van der Waals surface area contributed by atoms with Crippen LogP contribution in [-0.2, 0) is 9.47 Å². The third-order valence-electron chi connectivity index (χ3n) is 3.85. The summed E-state index contributed by atoms with van der Waals surface area (Å²) in [5.41, 5.74) is -0.364. The van der Waals surface area contributed by atoms with Crippen LogP contribution in [0.25, 0.3) is 0 Å². The molecule has 0 bridgehead atoms. The Morgan fingerprint density at radius 3 is 2.00 bits per heavy atom. The number of hydrogen-bond donors (Lipinski definition) is 1. The van der Waals surface area contributed by atoms with E-state index < -0.39 is 0 Å². The first-order valence-corrected chi connectivity index (χ1v) is 5.67. The second kappa shape index (κ2) is 3.19. The Morgan fingerprint density at radius 1 is 1.07 bits per heavy atom. The molecule has 15 heavy (non-hydrogen) atoms. The van der Waals surface area contributed by atoms with E-state index >= 15 is 0 Å². The van der Waals surface area contributed by atoms with Crippen LogP contribution in [0.5, 0.6) is 0 Å². The minimum Gasteiger partial charge on any atom is -0.392 e. The highest BCUT2D eigenvalue weighted by molar-refractivity contribution is 5.04. The molecule has 2 rings (SSSR count). The molecule has 3 heteroatoms. The number of aliphatic hydroxyl groups is 1. The largest absolute Gasteiger partial charge is 0.392 e. The van der Waals surface area contributed by atoms with E-state index in [9.17, 15) is 5.11 Å². The first kappa shape index (κ1) is 11.4. The highest BCUT2D eigenvalue weighted by Gasteiger charge is 2.55. The predicted molar refractivity (Wildman–Crippen MR) is 57.4 cm³/mol. The molecule has 0 atom stereocenters. The first-order chi connectivity index (χ1) is 6.78. The van der Waals surface area contributed by atoms with Gasteiger partial charge >= 0.3 is 0 Å². The minimum absolute atomic E-state index is 0.102. The van der Waals surface area contributed by atoms with Gasteiger partial charge in [-0.05, 0) is 23.7 Å². The summed E-state index contributed by atoms with van der Waals surface area (Å²) in [6.45, 7) is 9.53. The number of aliphatic hydroxyl groups excluding tert-OH is 1. The van der Waals surface area contributed by atoms with Crippen LogP contribution in [0, 0.1) is 10.8 Å². The lowest BCUT2D eigenvalue weighted by molar-refractivity contribution is -0.161. The fourth-order valence-electron chi connectivity index (χ4n) is 3.61. The van der Waals surface area contributed by atoms with E-state index in [1.807, 2.05) is 0 Å². The Labute approximate surface area is 91.8 Å². The molecule has 2 fully saturated rings. The van der Waals surface area contributed by atoms with Gasteiger partial charge in [0.25, 0.3) is 0 Å². The molecule has 1 saturated carbocycles. The van der Waals surface area contributed by atoms with Crippen molar-refractivity contribution < 1.29 is 14.6 Å². The van der Waals surface area contributed by atoms with Crippen LogP contribution in [0.2, 0.25) is 0 Å². The van der Waals surface area contributed by atoms with Crippen molar-refractivity contribution in [3.8, 4) is 0 Å². The number of ether oxygens (including phenoxy) is 2. The Kier molecular flexibility index (Phi) is 2.42.